The van der Waals surface area contributed by atoms with Crippen molar-refractivity contribution in [3.05, 3.63) is 59.4 Å². The van der Waals surface area contributed by atoms with Crippen molar-refractivity contribution in [3.63, 3.8) is 0 Å². The van der Waals surface area contributed by atoms with Gasteiger partial charge in [-0.15, -0.1) is 0 Å². The summed E-state index contributed by atoms with van der Waals surface area (Å²) in [6, 6.07) is 4.62. The second-order valence-corrected chi connectivity index (χ2v) is 11.2. The van der Waals surface area contributed by atoms with E-state index in [2.05, 4.69) is 5.32 Å². The number of piperidine rings is 1. The van der Waals surface area contributed by atoms with E-state index in [-0.39, 0.29) is 25.7 Å². The Morgan fingerprint density at radius 2 is 1.47 bits per heavy atom. The largest absolute Gasteiger partial charge is 0.416 e. The summed E-state index contributed by atoms with van der Waals surface area (Å²) >= 11 is 0. The molecule has 2 aromatic rings. The standard InChI is InChI=1S/C24H24F7N3O3S/c25-20-13-16(24(29,30)31)4-7-21(20)32-22(35)14-33-10-8-18(9-11-33)34(17-5-6-17)38(36,37)19-3-1-2-15(12-19)23(26,27)28/h1-4,7,12-13,17-18H,5-6,8-11,14H2,(H,32,35). The average molecular weight is 568 g/mol. The molecule has 0 bridgehead atoms. The van der Waals surface area contributed by atoms with Gasteiger partial charge in [0.25, 0.3) is 0 Å². The molecule has 2 aliphatic rings. The smallest absolute Gasteiger partial charge is 0.322 e. The van der Waals surface area contributed by atoms with Gasteiger partial charge in [0.15, 0.2) is 0 Å². The van der Waals surface area contributed by atoms with Crippen molar-refractivity contribution >= 4 is 21.6 Å². The maximum atomic E-state index is 14.0. The van der Waals surface area contributed by atoms with E-state index in [1.54, 1.807) is 4.90 Å². The molecule has 0 spiro atoms. The van der Waals surface area contributed by atoms with Crippen LogP contribution in [0.4, 0.5) is 36.4 Å². The predicted molar refractivity (Wildman–Crippen MR) is 123 cm³/mol. The number of nitrogens with zero attached hydrogens (tertiary/aromatic N) is 2. The third-order valence-corrected chi connectivity index (χ3v) is 8.50. The van der Waals surface area contributed by atoms with Gasteiger partial charge in [-0.25, -0.2) is 12.8 Å². The molecule has 2 fully saturated rings. The second-order valence-electron chi connectivity index (χ2n) is 9.34. The van der Waals surface area contributed by atoms with Crippen LogP contribution in [0.5, 0.6) is 0 Å². The van der Waals surface area contributed by atoms with E-state index < -0.39 is 61.9 Å². The number of nitrogens with one attached hydrogen (secondary N) is 1. The number of hydrogen-bond donors (Lipinski definition) is 1. The first kappa shape index (κ1) is 28.3. The van der Waals surface area contributed by atoms with Gasteiger partial charge in [-0.1, -0.05) is 6.07 Å². The van der Waals surface area contributed by atoms with Gasteiger partial charge < -0.3 is 5.32 Å². The number of likely N-dealkylation sites (tertiary alicyclic amines) is 1. The van der Waals surface area contributed by atoms with Crippen molar-refractivity contribution in [2.45, 2.75) is 55.0 Å². The maximum absolute atomic E-state index is 14.0. The average Bonchev–Trinajstić information content (AvgIpc) is 3.65. The van der Waals surface area contributed by atoms with Crippen LogP contribution in [0.15, 0.2) is 47.4 Å². The molecule has 1 aliphatic carbocycles. The van der Waals surface area contributed by atoms with Crippen LogP contribution in [0.2, 0.25) is 0 Å². The van der Waals surface area contributed by atoms with E-state index in [9.17, 15) is 43.9 Å². The number of hydrogen-bond acceptors (Lipinski definition) is 4. The minimum atomic E-state index is -4.73. The van der Waals surface area contributed by atoms with Gasteiger partial charge in [-0.05, 0) is 62.1 Å². The maximum Gasteiger partial charge on any atom is 0.416 e. The molecule has 1 N–H and O–H groups in total. The number of rotatable bonds is 7. The zero-order chi connectivity index (χ0) is 27.9. The van der Waals surface area contributed by atoms with Crippen molar-refractivity contribution in [1.82, 2.24) is 9.21 Å². The lowest BCUT2D eigenvalue weighted by atomic mass is 10.0. The first-order valence-electron chi connectivity index (χ1n) is 11.8. The number of sulfonamides is 1. The number of anilines is 1. The molecule has 0 unspecified atom stereocenters. The fourth-order valence-corrected chi connectivity index (χ4v) is 6.47. The lowest BCUT2D eigenvalue weighted by molar-refractivity contribution is -0.138. The minimum Gasteiger partial charge on any atom is -0.322 e. The Labute approximate surface area is 214 Å². The molecule has 0 radical (unpaired) electrons. The van der Waals surface area contributed by atoms with Gasteiger partial charge in [-0.2, -0.15) is 30.6 Å². The van der Waals surface area contributed by atoms with Gasteiger partial charge in [0.05, 0.1) is 28.3 Å². The molecule has 0 atom stereocenters. The number of benzene rings is 2. The summed E-state index contributed by atoms with van der Waals surface area (Å²) in [6.45, 7) is 0.376. The Morgan fingerprint density at radius 3 is 2.03 bits per heavy atom. The Balaban J connectivity index is 1.38. The summed E-state index contributed by atoms with van der Waals surface area (Å²) in [6.07, 6.45) is -7.59. The van der Waals surface area contributed by atoms with Gasteiger partial charge in [0, 0.05) is 25.2 Å². The van der Waals surface area contributed by atoms with E-state index in [1.807, 2.05) is 0 Å². The fraction of sp³-hybridized carbons (Fsp3) is 0.458. The summed E-state index contributed by atoms with van der Waals surface area (Å²) in [5.74, 6) is -1.88. The Hall–Kier alpha value is -2.71. The molecule has 14 heteroatoms. The fourth-order valence-electron chi connectivity index (χ4n) is 4.49. The molecular weight excluding hydrogens is 543 g/mol. The molecule has 38 heavy (non-hydrogen) atoms. The highest BCUT2D eigenvalue weighted by molar-refractivity contribution is 7.89. The van der Waals surface area contributed by atoms with Crippen molar-refractivity contribution in [2.24, 2.45) is 0 Å². The van der Waals surface area contributed by atoms with E-state index in [0.29, 0.717) is 43.9 Å². The Bertz CT molecular complexity index is 1290. The lowest BCUT2D eigenvalue weighted by Crippen LogP contribution is -2.49. The number of alkyl halides is 6. The van der Waals surface area contributed by atoms with Crippen LogP contribution in [-0.4, -0.2) is 55.2 Å². The number of carbonyl (C=O) groups is 1. The molecule has 2 aromatic carbocycles. The molecule has 4 rings (SSSR count). The van der Waals surface area contributed by atoms with Gasteiger partial charge in [0.2, 0.25) is 15.9 Å². The number of halogens is 7. The van der Waals surface area contributed by atoms with Crippen molar-refractivity contribution in [2.75, 3.05) is 25.0 Å². The summed E-state index contributed by atoms with van der Waals surface area (Å²) in [4.78, 5) is 13.6. The first-order chi connectivity index (χ1) is 17.7. The SMILES string of the molecule is O=C(CN1CCC(N(C2CC2)S(=O)(=O)c2cccc(C(F)(F)F)c2)CC1)Nc1ccc(C(F)(F)F)cc1F. The second kappa shape index (κ2) is 10.5. The van der Waals surface area contributed by atoms with Crippen LogP contribution in [-0.2, 0) is 27.2 Å². The van der Waals surface area contributed by atoms with Crippen LogP contribution in [0.25, 0.3) is 0 Å². The quantitative estimate of drug-likeness (QED) is 0.472. The third kappa shape index (κ3) is 6.46. The zero-order valence-corrected chi connectivity index (χ0v) is 20.6. The molecule has 1 amide bonds. The molecule has 0 aromatic heterocycles. The monoisotopic (exact) mass is 567 g/mol. The summed E-state index contributed by atoms with van der Waals surface area (Å²) in [7, 11) is -4.21. The Morgan fingerprint density at radius 1 is 0.895 bits per heavy atom. The molecule has 208 valence electrons. The van der Waals surface area contributed by atoms with Crippen LogP contribution < -0.4 is 5.32 Å². The molecule has 1 aliphatic heterocycles. The summed E-state index contributed by atoms with van der Waals surface area (Å²) in [5, 5.41) is 2.24. The lowest BCUT2D eigenvalue weighted by Gasteiger charge is -2.37. The van der Waals surface area contributed by atoms with Gasteiger partial charge in [0.1, 0.15) is 5.82 Å². The van der Waals surface area contributed by atoms with E-state index in [1.165, 1.54) is 4.31 Å². The number of amides is 1. The van der Waals surface area contributed by atoms with E-state index in [0.717, 1.165) is 24.3 Å². The highest BCUT2D eigenvalue weighted by Crippen LogP contribution is 2.38. The molecule has 6 nitrogen and oxygen atoms in total. The number of carbonyl (C=O) groups excluding carboxylic acids is 1. The first-order valence-corrected chi connectivity index (χ1v) is 13.2. The van der Waals surface area contributed by atoms with Crippen LogP contribution in [0.1, 0.15) is 36.8 Å². The molecule has 1 saturated carbocycles. The normalized spacial score (nSPS) is 18.1. The molecule has 1 heterocycles. The van der Waals surface area contributed by atoms with Crippen LogP contribution in [0.3, 0.4) is 0 Å². The summed E-state index contributed by atoms with van der Waals surface area (Å²) in [5.41, 5.74) is -2.64. The molecular formula is C24H24F7N3O3S. The Kier molecular flexibility index (Phi) is 7.79. The van der Waals surface area contributed by atoms with Crippen molar-refractivity contribution in [3.8, 4) is 0 Å². The molecule has 1 saturated heterocycles. The zero-order valence-electron chi connectivity index (χ0n) is 19.8. The highest BCUT2D eigenvalue weighted by Gasteiger charge is 2.44. The van der Waals surface area contributed by atoms with Crippen molar-refractivity contribution < 1.29 is 43.9 Å². The van der Waals surface area contributed by atoms with E-state index in [4.69, 9.17) is 0 Å². The van der Waals surface area contributed by atoms with Crippen LogP contribution in [0, 0.1) is 5.82 Å². The topological polar surface area (TPSA) is 69.7 Å². The predicted octanol–water partition coefficient (Wildman–Crippen LogP) is 5.12. The van der Waals surface area contributed by atoms with Gasteiger partial charge in [-0.3, -0.25) is 9.69 Å². The third-order valence-electron chi connectivity index (χ3n) is 6.50. The minimum absolute atomic E-state index is 0.197. The van der Waals surface area contributed by atoms with Crippen molar-refractivity contribution in [1.29, 1.82) is 0 Å². The summed E-state index contributed by atoms with van der Waals surface area (Å²) < 4.78 is 120. The van der Waals surface area contributed by atoms with E-state index >= 15 is 0 Å². The van der Waals surface area contributed by atoms with Gasteiger partial charge >= 0.3 is 12.4 Å². The highest BCUT2D eigenvalue weighted by atomic mass is 32.2. The van der Waals surface area contributed by atoms with Crippen LogP contribution >= 0.6 is 0 Å².